The number of para-hydroxylation sites is 1. The summed E-state index contributed by atoms with van der Waals surface area (Å²) >= 11 is 12.1. The van der Waals surface area contributed by atoms with E-state index in [2.05, 4.69) is 29.5 Å². The van der Waals surface area contributed by atoms with Crippen molar-refractivity contribution in [3.8, 4) is 0 Å². The summed E-state index contributed by atoms with van der Waals surface area (Å²) in [6.45, 7) is 4.72. The second kappa shape index (κ2) is 8.83. The van der Waals surface area contributed by atoms with Crippen LogP contribution in [0.2, 0.25) is 10.0 Å². The van der Waals surface area contributed by atoms with Crippen molar-refractivity contribution in [3.05, 3.63) is 57.8 Å². The zero-order valence-electron chi connectivity index (χ0n) is 14.0. The molecule has 0 saturated carbocycles. The number of amides is 2. The van der Waals surface area contributed by atoms with Crippen molar-refractivity contribution in [1.29, 1.82) is 0 Å². The molecule has 0 radical (unpaired) electrons. The van der Waals surface area contributed by atoms with Crippen LogP contribution in [0.5, 0.6) is 0 Å². The van der Waals surface area contributed by atoms with E-state index >= 15 is 0 Å². The molecule has 0 aliphatic heterocycles. The van der Waals surface area contributed by atoms with Crippen molar-refractivity contribution in [2.45, 2.75) is 20.3 Å². The first-order valence-electron chi connectivity index (χ1n) is 7.88. The molecule has 0 aliphatic rings. The Morgan fingerprint density at radius 2 is 1.80 bits per heavy atom. The van der Waals surface area contributed by atoms with Crippen LogP contribution < -0.4 is 10.6 Å². The average Bonchev–Trinajstić information content (AvgIpc) is 2.58. The summed E-state index contributed by atoms with van der Waals surface area (Å²) in [5.41, 5.74) is 0.803. The number of carbonyl (C=O) groups is 2. The highest BCUT2D eigenvalue weighted by Gasteiger charge is 2.14. The van der Waals surface area contributed by atoms with Crippen molar-refractivity contribution in [1.82, 2.24) is 10.3 Å². The third-order valence-electron chi connectivity index (χ3n) is 3.46. The molecule has 1 heterocycles. The molecule has 2 N–H and O–H groups in total. The molecule has 1 aromatic heterocycles. The SMILES string of the molecule is CC(C)CCNC(=O)c1cc(C(=O)Nc2c(Cl)cccc2Cl)ccn1. The number of hydrogen-bond donors (Lipinski definition) is 2. The summed E-state index contributed by atoms with van der Waals surface area (Å²) in [5.74, 6) is -0.245. The number of halogens is 2. The second-order valence-corrected chi connectivity index (χ2v) is 6.73. The molecule has 7 heteroatoms. The van der Waals surface area contributed by atoms with Crippen molar-refractivity contribution in [2.24, 2.45) is 5.92 Å². The Morgan fingerprint density at radius 3 is 2.44 bits per heavy atom. The maximum Gasteiger partial charge on any atom is 0.269 e. The van der Waals surface area contributed by atoms with E-state index in [1.165, 1.54) is 18.3 Å². The monoisotopic (exact) mass is 379 g/mol. The highest BCUT2D eigenvalue weighted by molar-refractivity contribution is 6.40. The molecule has 0 saturated heterocycles. The van der Waals surface area contributed by atoms with Crippen LogP contribution in [-0.2, 0) is 0 Å². The largest absolute Gasteiger partial charge is 0.351 e. The molecule has 0 atom stereocenters. The number of rotatable bonds is 6. The van der Waals surface area contributed by atoms with Crippen LogP contribution in [-0.4, -0.2) is 23.3 Å². The van der Waals surface area contributed by atoms with Crippen molar-refractivity contribution in [3.63, 3.8) is 0 Å². The maximum absolute atomic E-state index is 12.4. The molecule has 0 spiro atoms. The van der Waals surface area contributed by atoms with Gasteiger partial charge in [0.25, 0.3) is 11.8 Å². The summed E-state index contributed by atoms with van der Waals surface area (Å²) < 4.78 is 0. The molecule has 0 aliphatic carbocycles. The molecular weight excluding hydrogens is 361 g/mol. The van der Waals surface area contributed by atoms with Gasteiger partial charge in [0.1, 0.15) is 5.69 Å². The molecular formula is C18H19Cl2N3O2. The van der Waals surface area contributed by atoms with E-state index in [-0.39, 0.29) is 11.6 Å². The smallest absolute Gasteiger partial charge is 0.269 e. The van der Waals surface area contributed by atoms with E-state index in [9.17, 15) is 9.59 Å². The van der Waals surface area contributed by atoms with Crippen LogP contribution in [0.25, 0.3) is 0 Å². The number of nitrogens with zero attached hydrogens (tertiary/aromatic N) is 1. The van der Waals surface area contributed by atoms with Crippen LogP contribution >= 0.6 is 23.2 Å². The third-order valence-corrected chi connectivity index (χ3v) is 4.09. The fraction of sp³-hybridized carbons (Fsp3) is 0.278. The number of carbonyl (C=O) groups excluding carboxylic acids is 2. The van der Waals surface area contributed by atoms with Crippen molar-refractivity contribution < 1.29 is 9.59 Å². The van der Waals surface area contributed by atoms with Crippen molar-refractivity contribution >= 4 is 40.7 Å². The van der Waals surface area contributed by atoms with Gasteiger partial charge in [-0.1, -0.05) is 43.1 Å². The fourth-order valence-electron chi connectivity index (χ4n) is 2.06. The number of aromatic nitrogens is 1. The van der Waals surface area contributed by atoms with E-state index in [0.717, 1.165) is 6.42 Å². The van der Waals surface area contributed by atoms with E-state index in [4.69, 9.17) is 23.2 Å². The zero-order chi connectivity index (χ0) is 18.4. The fourth-order valence-corrected chi connectivity index (χ4v) is 2.56. The molecule has 132 valence electrons. The number of nitrogens with one attached hydrogen (secondary N) is 2. The van der Waals surface area contributed by atoms with Crippen LogP contribution in [0.1, 0.15) is 41.1 Å². The van der Waals surface area contributed by atoms with Crippen LogP contribution in [0.4, 0.5) is 5.69 Å². The number of pyridine rings is 1. The minimum absolute atomic E-state index is 0.182. The first-order valence-corrected chi connectivity index (χ1v) is 8.63. The number of anilines is 1. The lowest BCUT2D eigenvalue weighted by molar-refractivity contribution is 0.0947. The van der Waals surface area contributed by atoms with Gasteiger partial charge in [0.05, 0.1) is 15.7 Å². The second-order valence-electron chi connectivity index (χ2n) is 5.92. The molecule has 25 heavy (non-hydrogen) atoms. The predicted octanol–water partition coefficient (Wildman–Crippen LogP) is 4.42. The molecule has 0 fully saturated rings. The third kappa shape index (κ3) is 5.44. The average molecular weight is 380 g/mol. The van der Waals surface area contributed by atoms with Gasteiger partial charge in [0.2, 0.25) is 0 Å². The lowest BCUT2D eigenvalue weighted by atomic mass is 10.1. The van der Waals surface area contributed by atoms with Gasteiger partial charge in [0, 0.05) is 18.3 Å². The van der Waals surface area contributed by atoms with E-state index in [1.54, 1.807) is 18.2 Å². The Kier molecular flexibility index (Phi) is 6.79. The van der Waals surface area contributed by atoms with Gasteiger partial charge in [-0.05, 0) is 36.6 Å². The zero-order valence-corrected chi connectivity index (χ0v) is 15.5. The van der Waals surface area contributed by atoms with Crippen LogP contribution in [0.15, 0.2) is 36.5 Å². The first kappa shape index (κ1) is 19.2. The van der Waals surface area contributed by atoms with Crippen molar-refractivity contribution in [2.75, 3.05) is 11.9 Å². The Bertz CT molecular complexity index is 758. The van der Waals surface area contributed by atoms with Gasteiger partial charge in [-0.25, -0.2) is 0 Å². The Labute approximate surface area is 156 Å². The lowest BCUT2D eigenvalue weighted by Gasteiger charge is -2.10. The first-order chi connectivity index (χ1) is 11.9. The van der Waals surface area contributed by atoms with Gasteiger partial charge in [-0.15, -0.1) is 0 Å². The van der Waals surface area contributed by atoms with Gasteiger partial charge in [-0.2, -0.15) is 0 Å². The Balaban J connectivity index is 2.10. The van der Waals surface area contributed by atoms with E-state index in [1.807, 2.05) is 0 Å². The molecule has 2 rings (SSSR count). The Morgan fingerprint density at radius 1 is 1.12 bits per heavy atom. The molecule has 2 aromatic rings. The molecule has 2 amide bonds. The van der Waals surface area contributed by atoms with Gasteiger partial charge in [0.15, 0.2) is 0 Å². The molecule has 0 bridgehead atoms. The summed E-state index contributed by atoms with van der Waals surface area (Å²) in [6.07, 6.45) is 2.29. The standard InChI is InChI=1S/C18H19Cl2N3O2/c1-11(2)6-8-22-18(25)15-10-12(7-9-21-15)17(24)23-16-13(19)4-3-5-14(16)20/h3-5,7,9-11H,6,8H2,1-2H3,(H,22,25)(H,23,24). The minimum atomic E-state index is -0.423. The lowest BCUT2D eigenvalue weighted by Crippen LogP contribution is -2.26. The highest BCUT2D eigenvalue weighted by Crippen LogP contribution is 2.30. The maximum atomic E-state index is 12.4. The summed E-state index contributed by atoms with van der Waals surface area (Å²) in [7, 11) is 0. The normalized spacial score (nSPS) is 10.6. The van der Waals surface area contributed by atoms with E-state index in [0.29, 0.717) is 33.8 Å². The van der Waals surface area contributed by atoms with Gasteiger partial charge in [-0.3, -0.25) is 14.6 Å². The van der Waals surface area contributed by atoms with Crippen LogP contribution in [0.3, 0.4) is 0 Å². The summed E-state index contributed by atoms with van der Waals surface area (Å²) in [5, 5.41) is 6.12. The van der Waals surface area contributed by atoms with Gasteiger partial charge < -0.3 is 10.6 Å². The molecule has 1 aromatic carbocycles. The van der Waals surface area contributed by atoms with Gasteiger partial charge >= 0.3 is 0 Å². The molecule has 5 nitrogen and oxygen atoms in total. The minimum Gasteiger partial charge on any atom is -0.351 e. The number of hydrogen-bond acceptors (Lipinski definition) is 3. The predicted molar refractivity (Wildman–Crippen MR) is 100 cm³/mol. The summed E-state index contributed by atoms with van der Waals surface area (Å²) in [4.78, 5) is 28.5. The number of benzene rings is 1. The van der Waals surface area contributed by atoms with Crippen LogP contribution in [0, 0.1) is 5.92 Å². The Hall–Kier alpha value is -2.11. The topological polar surface area (TPSA) is 71.1 Å². The summed E-state index contributed by atoms with van der Waals surface area (Å²) in [6, 6.07) is 7.90. The quantitative estimate of drug-likeness (QED) is 0.780. The highest BCUT2D eigenvalue weighted by atomic mass is 35.5. The van der Waals surface area contributed by atoms with E-state index < -0.39 is 5.91 Å². The molecule has 0 unspecified atom stereocenters.